The molecule has 2 heterocycles. The molecule has 0 bridgehead atoms. The fourth-order valence-electron chi connectivity index (χ4n) is 5.30. The predicted molar refractivity (Wildman–Crippen MR) is 139 cm³/mol. The Bertz CT molecular complexity index is 1390. The number of benzene rings is 2. The Labute approximate surface area is 236 Å². The molecule has 2 aromatic rings. The minimum atomic E-state index is -4.66. The van der Waals surface area contributed by atoms with E-state index in [1.54, 1.807) is 48.5 Å². The number of hydrogen-bond acceptors (Lipinski definition) is 5. The standard InChI is InChI=1S/C29H27F6N3O4/c30-28(31,32)14-5-9-18-19(13-15-29(33,34)35)27(41)38(26(18)40)24-25(39)37-23-20(8-4-10-21(23)42-17-11-12-17)22(36-24)16-6-2-1-3-7-16/h1-4,6-8,10,17-19,24H,5,9,11-15H2,(H,37,39)/t18-,19+,24-/m0/s1. The van der Waals surface area contributed by atoms with E-state index in [0.29, 0.717) is 21.8 Å². The summed E-state index contributed by atoms with van der Waals surface area (Å²) in [7, 11) is 0. The molecule has 1 N–H and O–H groups in total. The average molecular weight is 596 g/mol. The van der Waals surface area contributed by atoms with E-state index < -0.39 is 80.2 Å². The van der Waals surface area contributed by atoms with Crippen LogP contribution in [0.4, 0.5) is 32.0 Å². The van der Waals surface area contributed by atoms with Gasteiger partial charge >= 0.3 is 12.4 Å². The Morgan fingerprint density at radius 2 is 1.48 bits per heavy atom. The molecule has 1 aliphatic carbocycles. The van der Waals surface area contributed by atoms with Crippen molar-refractivity contribution in [2.24, 2.45) is 16.8 Å². The number of nitrogens with zero attached hydrogens (tertiary/aromatic N) is 2. The van der Waals surface area contributed by atoms with E-state index in [-0.39, 0.29) is 17.5 Å². The van der Waals surface area contributed by atoms with Crippen molar-refractivity contribution in [1.29, 1.82) is 0 Å². The zero-order valence-corrected chi connectivity index (χ0v) is 22.2. The maximum Gasteiger partial charge on any atom is 0.389 e. The van der Waals surface area contributed by atoms with Gasteiger partial charge in [0.2, 0.25) is 18.0 Å². The first-order valence-corrected chi connectivity index (χ1v) is 13.6. The highest BCUT2D eigenvalue weighted by molar-refractivity contribution is 6.21. The normalized spacial score (nSPS) is 22.9. The molecular weight excluding hydrogens is 568 g/mol. The third-order valence-electron chi connectivity index (χ3n) is 7.43. The summed E-state index contributed by atoms with van der Waals surface area (Å²) < 4.78 is 83.8. The van der Waals surface area contributed by atoms with Gasteiger partial charge < -0.3 is 10.1 Å². The molecule has 2 fully saturated rings. The highest BCUT2D eigenvalue weighted by Crippen LogP contribution is 2.41. The highest BCUT2D eigenvalue weighted by atomic mass is 19.4. The molecule has 42 heavy (non-hydrogen) atoms. The number of likely N-dealkylation sites (tertiary alicyclic amines) is 1. The van der Waals surface area contributed by atoms with Crippen molar-refractivity contribution in [2.75, 3.05) is 5.32 Å². The number of carbonyl (C=O) groups is 3. The van der Waals surface area contributed by atoms with Crippen molar-refractivity contribution in [1.82, 2.24) is 4.90 Å². The number of imide groups is 1. The third kappa shape index (κ3) is 6.60. The molecule has 3 amide bonds. The van der Waals surface area contributed by atoms with Gasteiger partial charge in [0.05, 0.1) is 29.3 Å². The van der Waals surface area contributed by atoms with Crippen molar-refractivity contribution < 1.29 is 45.5 Å². The second-order valence-corrected chi connectivity index (χ2v) is 10.6. The first-order chi connectivity index (χ1) is 19.8. The van der Waals surface area contributed by atoms with Crippen LogP contribution in [0, 0.1) is 11.8 Å². The lowest BCUT2D eigenvalue weighted by Gasteiger charge is -2.22. The van der Waals surface area contributed by atoms with Crippen molar-refractivity contribution in [3.8, 4) is 5.75 Å². The molecule has 2 aromatic carbocycles. The summed E-state index contributed by atoms with van der Waals surface area (Å²) in [4.78, 5) is 45.8. The van der Waals surface area contributed by atoms with Crippen LogP contribution in [-0.2, 0) is 14.4 Å². The van der Waals surface area contributed by atoms with Crippen LogP contribution in [0.3, 0.4) is 0 Å². The Hall–Kier alpha value is -3.90. The summed E-state index contributed by atoms with van der Waals surface area (Å²) in [5.41, 5.74) is 1.44. The number of benzodiazepines with no additional fused rings is 1. The summed E-state index contributed by atoms with van der Waals surface area (Å²) in [6.45, 7) is 0. The number of rotatable bonds is 9. The summed E-state index contributed by atoms with van der Waals surface area (Å²) in [5.74, 6) is -5.65. The molecule has 2 aliphatic heterocycles. The Kier molecular flexibility index (Phi) is 8.04. The largest absolute Gasteiger partial charge is 0.488 e. The van der Waals surface area contributed by atoms with Crippen LogP contribution in [0.2, 0.25) is 0 Å². The van der Waals surface area contributed by atoms with Crippen LogP contribution < -0.4 is 10.1 Å². The van der Waals surface area contributed by atoms with Gasteiger partial charge in [-0.15, -0.1) is 0 Å². The predicted octanol–water partition coefficient (Wildman–Crippen LogP) is 6.02. The van der Waals surface area contributed by atoms with Gasteiger partial charge in [-0.25, -0.2) is 9.89 Å². The number of halogens is 6. The monoisotopic (exact) mass is 595 g/mol. The van der Waals surface area contributed by atoms with Crippen LogP contribution in [0.25, 0.3) is 0 Å². The van der Waals surface area contributed by atoms with E-state index in [9.17, 15) is 40.7 Å². The molecule has 0 aromatic heterocycles. The number of ether oxygens (including phenoxy) is 1. The second kappa shape index (κ2) is 11.4. The molecule has 7 nitrogen and oxygen atoms in total. The van der Waals surface area contributed by atoms with E-state index in [2.05, 4.69) is 10.3 Å². The number of amides is 3. The Balaban J connectivity index is 1.53. The number of aliphatic imine (C=N–C) groups is 1. The van der Waals surface area contributed by atoms with Gasteiger partial charge in [0.1, 0.15) is 5.75 Å². The number of carbonyl (C=O) groups excluding carboxylic acids is 3. The molecule has 1 saturated carbocycles. The zero-order chi connectivity index (χ0) is 30.2. The van der Waals surface area contributed by atoms with E-state index in [4.69, 9.17) is 4.74 Å². The molecule has 0 radical (unpaired) electrons. The summed E-state index contributed by atoms with van der Waals surface area (Å²) in [6, 6.07) is 13.6. The highest BCUT2D eigenvalue weighted by Gasteiger charge is 2.52. The van der Waals surface area contributed by atoms with Crippen molar-refractivity contribution >= 4 is 29.1 Å². The van der Waals surface area contributed by atoms with Gasteiger partial charge in [-0.05, 0) is 38.2 Å². The van der Waals surface area contributed by atoms with Gasteiger partial charge in [0.25, 0.3) is 5.91 Å². The molecule has 0 unspecified atom stereocenters. The minimum absolute atomic E-state index is 0.0434. The Morgan fingerprint density at radius 1 is 0.833 bits per heavy atom. The fraction of sp³-hybridized carbons (Fsp3) is 0.448. The quantitative estimate of drug-likeness (QED) is 0.284. The zero-order valence-electron chi connectivity index (χ0n) is 22.2. The van der Waals surface area contributed by atoms with Gasteiger partial charge in [-0.2, -0.15) is 26.3 Å². The number of anilines is 1. The molecule has 3 atom stereocenters. The van der Waals surface area contributed by atoms with Gasteiger partial charge in [-0.3, -0.25) is 14.4 Å². The summed E-state index contributed by atoms with van der Waals surface area (Å²) in [6.07, 6.45) is -13.9. The lowest BCUT2D eigenvalue weighted by molar-refractivity contribution is -0.147. The van der Waals surface area contributed by atoms with Crippen LogP contribution in [0.5, 0.6) is 5.75 Å². The second-order valence-electron chi connectivity index (χ2n) is 10.6. The van der Waals surface area contributed by atoms with Gasteiger partial charge in [0.15, 0.2) is 0 Å². The van der Waals surface area contributed by atoms with Crippen LogP contribution in [0.15, 0.2) is 53.5 Å². The van der Waals surface area contributed by atoms with Crippen molar-refractivity contribution in [2.45, 2.75) is 69.6 Å². The molecule has 5 rings (SSSR count). The summed E-state index contributed by atoms with van der Waals surface area (Å²) in [5, 5.41) is 2.69. The number of hydrogen-bond donors (Lipinski definition) is 1. The first-order valence-electron chi connectivity index (χ1n) is 13.6. The number of alkyl halides is 6. The molecule has 1 saturated heterocycles. The number of nitrogens with one attached hydrogen (secondary N) is 1. The van der Waals surface area contributed by atoms with Gasteiger partial charge in [-0.1, -0.05) is 42.5 Å². The molecular formula is C29H27F6N3O4. The number of fused-ring (bicyclic) bond motifs is 1. The molecule has 3 aliphatic rings. The molecule has 0 spiro atoms. The summed E-state index contributed by atoms with van der Waals surface area (Å²) >= 11 is 0. The maximum absolute atomic E-state index is 13.6. The van der Waals surface area contributed by atoms with E-state index >= 15 is 0 Å². The van der Waals surface area contributed by atoms with Crippen molar-refractivity contribution in [3.63, 3.8) is 0 Å². The lowest BCUT2D eigenvalue weighted by atomic mass is 9.86. The fourth-order valence-corrected chi connectivity index (χ4v) is 5.30. The van der Waals surface area contributed by atoms with E-state index in [1.165, 1.54) is 0 Å². The average Bonchev–Trinajstić information content (AvgIpc) is 3.71. The lowest BCUT2D eigenvalue weighted by Crippen LogP contribution is -2.46. The maximum atomic E-state index is 13.6. The Morgan fingerprint density at radius 3 is 2.10 bits per heavy atom. The van der Waals surface area contributed by atoms with E-state index in [1.807, 2.05) is 0 Å². The van der Waals surface area contributed by atoms with Crippen molar-refractivity contribution in [3.05, 3.63) is 59.7 Å². The van der Waals surface area contributed by atoms with Gasteiger partial charge in [0, 0.05) is 24.0 Å². The molecule has 13 heteroatoms. The molecule has 224 valence electrons. The smallest absolute Gasteiger partial charge is 0.389 e. The van der Waals surface area contributed by atoms with Crippen LogP contribution >= 0.6 is 0 Å². The topological polar surface area (TPSA) is 88.1 Å². The third-order valence-corrected chi connectivity index (χ3v) is 7.43. The van der Waals surface area contributed by atoms with Crippen LogP contribution in [-0.4, -0.2) is 53.0 Å². The minimum Gasteiger partial charge on any atom is -0.488 e. The SMILES string of the molecule is O=C1Nc2c(OC3CC3)cccc2C(c2ccccc2)=N[C@H]1N1C(=O)[C@@H](CCCC(F)(F)F)[C@@H](CCC(F)(F)F)C1=O. The van der Waals surface area contributed by atoms with E-state index in [0.717, 1.165) is 12.8 Å². The number of para-hydroxylation sites is 1. The van der Waals surface area contributed by atoms with Crippen LogP contribution in [0.1, 0.15) is 56.1 Å². The first kappa shape index (κ1) is 29.6.